The Hall–Kier alpha value is 0.488. The van der Waals surface area contributed by atoms with E-state index in [1.54, 1.807) is 0 Å². The molecule has 3 nitrogen and oxygen atoms in total. The van der Waals surface area contributed by atoms with E-state index < -0.39 is 33.8 Å². The first-order valence-corrected chi connectivity index (χ1v) is 22.1. The molecule has 1 saturated carbocycles. The third kappa shape index (κ3) is 4.39. The summed E-state index contributed by atoms with van der Waals surface area (Å²) in [4.78, 5) is 0. The van der Waals surface area contributed by atoms with E-state index in [0.29, 0.717) is 5.92 Å². The molecule has 0 saturated heterocycles. The van der Waals surface area contributed by atoms with Crippen molar-refractivity contribution < 1.29 is 12.3 Å². The normalized spacial score (nSPS) is 29.2. The smallest absolute Gasteiger partial charge is 0.414 e. The van der Waals surface area contributed by atoms with Crippen LogP contribution in [0, 0.1) is 16.7 Å². The SMILES string of the molecule is CC12CCC(C=C1[Si](O[Si](C)(C)C)(O[Si](C)(C)C)O[Si](C)(C)C)C2(C)C. The van der Waals surface area contributed by atoms with Crippen molar-refractivity contribution in [3.05, 3.63) is 11.3 Å². The van der Waals surface area contributed by atoms with Gasteiger partial charge in [0.05, 0.1) is 0 Å². The minimum atomic E-state index is -2.94. The Morgan fingerprint density at radius 1 is 0.769 bits per heavy atom. The van der Waals surface area contributed by atoms with Crippen LogP contribution in [0.2, 0.25) is 58.9 Å². The molecule has 0 N–H and O–H groups in total. The van der Waals surface area contributed by atoms with Gasteiger partial charge in [0.25, 0.3) is 0 Å². The summed E-state index contributed by atoms with van der Waals surface area (Å²) in [6, 6.07) is 0. The van der Waals surface area contributed by atoms with Crippen LogP contribution in [0.25, 0.3) is 0 Å². The van der Waals surface area contributed by atoms with E-state index in [1.165, 1.54) is 18.0 Å². The third-order valence-electron chi connectivity index (χ3n) is 5.92. The quantitative estimate of drug-likeness (QED) is 0.437. The van der Waals surface area contributed by atoms with E-state index in [4.69, 9.17) is 12.3 Å². The fourth-order valence-corrected chi connectivity index (χ4v) is 18.7. The molecule has 152 valence electrons. The van der Waals surface area contributed by atoms with Crippen LogP contribution in [0.5, 0.6) is 0 Å². The van der Waals surface area contributed by atoms with E-state index in [2.05, 4.69) is 85.8 Å². The first kappa shape index (κ1) is 22.8. The molecule has 0 spiro atoms. The summed E-state index contributed by atoms with van der Waals surface area (Å²) in [5.41, 5.74) is 0.387. The molecular formula is C19H42O3Si4. The van der Waals surface area contributed by atoms with Gasteiger partial charge >= 0.3 is 8.80 Å². The van der Waals surface area contributed by atoms with Crippen molar-refractivity contribution in [1.82, 2.24) is 0 Å². The van der Waals surface area contributed by atoms with Gasteiger partial charge in [-0.2, -0.15) is 0 Å². The Morgan fingerprint density at radius 3 is 1.38 bits per heavy atom. The van der Waals surface area contributed by atoms with Gasteiger partial charge in [0.1, 0.15) is 0 Å². The highest BCUT2D eigenvalue weighted by molar-refractivity contribution is 6.93. The number of hydrogen-bond donors (Lipinski definition) is 0. The number of fused-ring (bicyclic) bond motifs is 2. The maximum atomic E-state index is 7.01. The number of hydrogen-bond acceptors (Lipinski definition) is 3. The van der Waals surface area contributed by atoms with Crippen LogP contribution in [0.15, 0.2) is 11.3 Å². The molecule has 2 bridgehead atoms. The first-order valence-electron chi connectivity index (χ1n) is 10.1. The summed E-state index contributed by atoms with van der Waals surface area (Å²) in [5.74, 6) is 0.620. The minimum absolute atomic E-state index is 0.128. The summed E-state index contributed by atoms with van der Waals surface area (Å²) >= 11 is 0. The second kappa shape index (κ2) is 6.50. The highest BCUT2D eigenvalue weighted by Gasteiger charge is 2.67. The minimum Gasteiger partial charge on any atom is -0.414 e. The Kier molecular flexibility index (Phi) is 5.69. The Balaban J connectivity index is 2.64. The summed E-state index contributed by atoms with van der Waals surface area (Å²) in [6.07, 6.45) is 5.03. The zero-order chi connectivity index (χ0) is 20.4. The van der Waals surface area contributed by atoms with Gasteiger partial charge in [-0.25, -0.2) is 0 Å². The lowest BCUT2D eigenvalue weighted by Gasteiger charge is -2.49. The Morgan fingerprint density at radius 2 is 1.15 bits per heavy atom. The zero-order valence-electron chi connectivity index (χ0n) is 19.3. The van der Waals surface area contributed by atoms with Gasteiger partial charge < -0.3 is 12.3 Å². The molecule has 0 aromatic carbocycles. The lowest BCUT2D eigenvalue weighted by atomic mass is 9.70. The van der Waals surface area contributed by atoms with E-state index in [1.807, 2.05) is 0 Å². The fourth-order valence-electron chi connectivity index (χ4n) is 4.57. The van der Waals surface area contributed by atoms with Crippen LogP contribution in [0.4, 0.5) is 0 Å². The fraction of sp³-hybridized carbons (Fsp3) is 0.895. The molecule has 7 heteroatoms. The standard InChI is InChI=1S/C19H42O3Si4/c1-18(2)16-13-14-19(18,3)17(15-16)26(20-23(4,5)6,21-24(7,8)9)22-25(10,11)12/h15-16H,13-14H2,1-12H3. The summed E-state index contributed by atoms with van der Waals surface area (Å²) < 4.78 is 21.0. The van der Waals surface area contributed by atoms with Crippen LogP contribution in [0.1, 0.15) is 33.6 Å². The van der Waals surface area contributed by atoms with Gasteiger partial charge in [0.2, 0.25) is 0 Å². The van der Waals surface area contributed by atoms with Crippen LogP contribution in [0.3, 0.4) is 0 Å². The average molecular weight is 431 g/mol. The molecular weight excluding hydrogens is 389 g/mol. The van der Waals surface area contributed by atoms with Gasteiger partial charge in [-0.1, -0.05) is 26.8 Å². The molecule has 0 amide bonds. The molecule has 2 atom stereocenters. The lowest BCUT2D eigenvalue weighted by molar-refractivity contribution is 0.160. The topological polar surface area (TPSA) is 27.7 Å². The molecule has 2 aliphatic rings. The Labute approximate surface area is 166 Å². The van der Waals surface area contributed by atoms with Gasteiger partial charge in [0.15, 0.2) is 25.0 Å². The maximum Gasteiger partial charge on any atom is 0.501 e. The maximum absolute atomic E-state index is 7.01. The summed E-state index contributed by atoms with van der Waals surface area (Å²) in [7, 11) is -8.49. The summed E-state index contributed by atoms with van der Waals surface area (Å²) in [6.45, 7) is 27.8. The van der Waals surface area contributed by atoms with E-state index in [-0.39, 0.29) is 10.8 Å². The second-order valence-corrected chi connectivity index (χ2v) is 28.8. The molecule has 0 aromatic rings. The predicted molar refractivity (Wildman–Crippen MR) is 122 cm³/mol. The zero-order valence-corrected chi connectivity index (χ0v) is 23.3. The Bertz CT molecular complexity index is 540. The molecule has 0 heterocycles. The van der Waals surface area contributed by atoms with E-state index >= 15 is 0 Å². The van der Waals surface area contributed by atoms with Gasteiger partial charge in [0, 0.05) is 5.20 Å². The molecule has 26 heavy (non-hydrogen) atoms. The van der Waals surface area contributed by atoms with Crippen molar-refractivity contribution in [3.63, 3.8) is 0 Å². The van der Waals surface area contributed by atoms with Gasteiger partial charge in [-0.15, -0.1) is 0 Å². The summed E-state index contributed by atoms with van der Waals surface area (Å²) in [5, 5.41) is 1.42. The molecule has 0 aromatic heterocycles. The third-order valence-corrected chi connectivity index (χ3v) is 17.9. The van der Waals surface area contributed by atoms with Crippen molar-refractivity contribution in [2.45, 2.75) is 92.5 Å². The lowest BCUT2D eigenvalue weighted by Crippen LogP contribution is -2.64. The molecule has 0 aliphatic heterocycles. The average Bonchev–Trinajstić information content (AvgIpc) is 2.64. The molecule has 2 rings (SSSR count). The van der Waals surface area contributed by atoms with E-state index in [9.17, 15) is 0 Å². The van der Waals surface area contributed by atoms with Gasteiger partial charge in [-0.3, -0.25) is 0 Å². The van der Waals surface area contributed by atoms with Crippen LogP contribution in [-0.2, 0) is 12.3 Å². The predicted octanol–water partition coefficient (Wildman–Crippen LogP) is 6.40. The van der Waals surface area contributed by atoms with Crippen molar-refractivity contribution >= 4 is 33.8 Å². The highest BCUT2D eigenvalue weighted by atomic mass is 28.5. The monoisotopic (exact) mass is 430 g/mol. The van der Waals surface area contributed by atoms with Gasteiger partial charge in [-0.05, 0) is 88.5 Å². The first-order chi connectivity index (χ1) is 11.3. The van der Waals surface area contributed by atoms with Crippen LogP contribution in [-0.4, -0.2) is 33.8 Å². The molecule has 2 aliphatic carbocycles. The van der Waals surface area contributed by atoms with Crippen molar-refractivity contribution in [2.75, 3.05) is 0 Å². The molecule has 1 fully saturated rings. The molecule has 2 unspecified atom stereocenters. The van der Waals surface area contributed by atoms with Crippen molar-refractivity contribution in [2.24, 2.45) is 16.7 Å². The second-order valence-electron chi connectivity index (χ2n) is 12.0. The number of rotatable bonds is 7. The van der Waals surface area contributed by atoms with Crippen LogP contribution < -0.4 is 0 Å². The highest BCUT2D eigenvalue weighted by Crippen LogP contribution is 2.67. The van der Waals surface area contributed by atoms with Crippen molar-refractivity contribution in [3.8, 4) is 0 Å². The van der Waals surface area contributed by atoms with Crippen molar-refractivity contribution in [1.29, 1.82) is 0 Å². The largest absolute Gasteiger partial charge is 0.501 e. The van der Waals surface area contributed by atoms with Crippen LogP contribution >= 0.6 is 0 Å². The molecule has 0 radical (unpaired) electrons. The number of allylic oxidation sites excluding steroid dienone is 2. The van der Waals surface area contributed by atoms with E-state index in [0.717, 1.165) is 0 Å².